The highest BCUT2D eigenvalue weighted by atomic mass is 16.2. The smallest absolute Gasteiger partial charge is 0.267 e. The number of nitrogens with zero attached hydrogens (tertiary/aromatic N) is 2. The summed E-state index contributed by atoms with van der Waals surface area (Å²) in [6, 6.07) is 19.3. The first-order chi connectivity index (χ1) is 9.36. The van der Waals surface area contributed by atoms with Gasteiger partial charge in [-0.25, -0.2) is 5.01 Å². The summed E-state index contributed by atoms with van der Waals surface area (Å²) in [5.74, 6) is -0.0526. The van der Waals surface area contributed by atoms with Crippen LogP contribution in [0.4, 0.5) is 0 Å². The van der Waals surface area contributed by atoms with E-state index in [1.807, 2.05) is 60.7 Å². The Morgan fingerprint density at radius 1 is 1.00 bits per heavy atom. The minimum atomic E-state index is -0.0526. The molecule has 3 heteroatoms. The van der Waals surface area contributed by atoms with Crippen LogP contribution in [0.1, 0.15) is 28.4 Å². The number of hydrazone groups is 1. The molecule has 1 aliphatic rings. The monoisotopic (exact) mass is 250 g/mol. The molecule has 0 radical (unpaired) electrons. The number of amides is 1. The predicted molar refractivity (Wildman–Crippen MR) is 74.9 cm³/mol. The second-order valence-electron chi connectivity index (χ2n) is 4.48. The average molecular weight is 250 g/mol. The maximum Gasteiger partial charge on any atom is 0.274 e. The van der Waals surface area contributed by atoms with Crippen LogP contribution in [0.5, 0.6) is 0 Å². The average Bonchev–Trinajstić information content (AvgIpc) is 2.98. The summed E-state index contributed by atoms with van der Waals surface area (Å²) >= 11 is 0. The highest BCUT2D eigenvalue weighted by Gasteiger charge is 2.28. The van der Waals surface area contributed by atoms with E-state index in [4.69, 9.17) is 0 Å². The highest BCUT2D eigenvalue weighted by molar-refractivity contribution is 5.95. The lowest BCUT2D eigenvalue weighted by Crippen LogP contribution is -2.27. The topological polar surface area (TPSA) is 32.7 Å². The first kappa shape index (κ1) is 11.7. The summed E-state index contributed by atoms with van der Waals surface area (Å²) in [5, 5.41) is 5.80. The fraction of sp³-hybridized carbons (Fsp3) is 0.125. The van der Waals surface area contributed by atoms with Gasteiger partial charge in [0.2, 0.25) is 0 Å². The number of rotatable bonds is 2. The Labute approximate surface area is 112 Å². The summed E-state index contributed by atoms with van der Waals surface area (Å²) in [6.45, 7) is 0. The van der Waals surface area contributed by atoms with Crippen LogP contribution in [0.2, 0.25) is 0 Å². The fourth-order valence-electron chi connectivity index (χ4n) is 2.27. The molecule has 0 saturated heterocycles. The first-order valence-corrected chi connectivity index (χ1v) is 6.32. The molecular formula is C16H14N2O. The van der Waals surface area contributed by atoms with Crippen LogP contribution in [-0.4, -0.2) is 17.1 Å². The molecule has 0 saturated carbocycles. The third kappa shape index (κ3) is 2.27. The minimum Gasteiger partial charge on any atom is -0.267 e. The Hall–Kier alpha value is -2.42. The van der Waals surface area contributed by atoms with E-state index in [1.165, 1.54) is 0 Å². The van der Waals surface area contributed by atoms with Gasteiger partial charge in [0.25, 0.3) is 5.91 Å². The predicted octanol–water partition coefficient (Wildman–Crippen LogP) is 3.26. The maximum atomic E-state index is 12.4. The molecule has 3 nitrogen and oxygen atoms in total. The largest absolute Gasteiger partial charge is 0.274 e. The molecule has 0 aromatic heterocycles. The van der Waals surface area contributed by atoms with Gasteiger partial charge in [-0.1, -0.05) is 48.5 Å². The zero-order valence-corrected chi connectivity index (χ0v) is 10.4. The van der Waals surface area contributed by atoms with Crippen LogP contribution < -0.4 is 0 Å². The number of hydrogen-bond donors (Lipinski definition) is 0. The van der Waals surface area contributed by atoms with Crippen LogP contribution in [-0.2, 0) is 0 Å². The van der Waals surface area contributed by atoms with Gasteiger partial charge in [0.1, 0.15) is 0 Å². The SMILES string of the molecule is O=C(c1ccccc1)N1N=CCC1c1ccccc1. The summed E-state index contributed by atoms with van der Waals surface area (Å²) in [6.07, 6.45) is 2.57. The van der Waals surface area contributed by atoms with Crippen molar-refractivity contribution in [2.24, 2.45) is 5.10 Å². The van der Waals surface area contributed by atoms with Crippen LogP contribution >= 0.6 is 0 Å². The van der Waals surface area contributed by atoms with Crippen molar-refractivity contribution in [2.75, 3.05) is 0 Å². The van der Waals surface area contributed by atoms with Gasteiger partial charge in [-0.2, -0.15) is 5.10 Å². The molecule has 94 valence electrons. The van der Waals surface area contributed by atoms with Gasteiger partial charge in [-0.15, -0.1) is 0 Å². The Balaban J connectivity index is 1.88. The van der Waals surface area contributed by atoms with Crippen molar-refractivity contribution >= 4 is 12.1 Å². The van der Waals surface area contributed by atoms with E-state index in [1.54, 1.807) is 11.2 Å². The molecule has 1 aliphatic heterocycles. The zero-order valence-electron chi connectivity index (χ0n) is 10.4. The van der Waals surface area contributed by atoms with Gasteiger partial charge in [-0.05, 0) is 17.7 Å². The Kier molecular flexibility index (Phi) is 3.11. The normalized spacial score (nSPS) is 17.7. The van der Waals surface area contributed by atoms with Crippen LogP contribution in [0.15, 0.2) is 65.8 Å². The third-order valence-corrected chi connectivity index (χ3v) is 3.24. The summed E-state index contributed by atoms with van der Waals surface area (Å²) in [5.41, 5.74) is 1.78. The van der Waals surface area contributed by atoms with Crippen LogP contribution in [0.3, 0.4) is 0 Å². The van der Waals surface area contributed by atoms with Crippen molar-refractivity contribution in [1.82, 2.24) is 5.01 Å². The lowest BCUT2D eigenvalue weighted by atomic mass is 10.0. The molecule has 2 aromatic rings. The Bertz CT molecular complexity index is 593. The van der Waals surface area contributed by atoms with Crippen molar-refractivity contribution in [3.8, 4) is 0 Å². The van der Waals surface area contributed by atoms with E-state index in [0.717, 1.165) is 12.0 Å². The molecule has 0 spiro atoms. The standard InChI is InChI=1S/C16H14N2O/c19-16(14-9-5-2-6-10-14)18-15(11-12-17-18)13-7-3-1-4-8-13/h1-10,12,15H,11H2. The van der Waals surface area contributed by atoms with Crippen molar-refractivity contribution in [3.63, 3.8) is 0 Å². The van der Waals surface area contributed by atoms with E-state index in [9.17, 15) is 4.79 Å². The number of carbonyl (C=O) groups is 1. The van der Waals surface area contributed by atoms with Crippen molar-refractivity contribution in [1.29, 1.82) is 0 Å². The summed E-state index contributed by atoms with van der Waals surface area (Å²) in [4.78, 5) is 12.4. The zero-order chi connectivity index (χ0) is 13.1. The molecule has 2 aromatic carbocycles. The van der Waals surface area contributed by atoms with Gasteiger partial charge in [0, 0.05) is 18.2 Å². The van der Waals surface area contributed by atoms with Crippen molar-refractivity contribution < 1.29 is 4.79 Å². The number of hydrogen-bond acceptors (Lipinski definition) is 2. The second-order valence-corrected chi connectivity index (χ2v) is 4.48. The third-order valence-electron chi connectivity index (χ3n) is 3.24. The molecule has 1 heterocycles. The molecule has 3 rings (SSSR count). The first-order valence-electron chi connectivity index (χ1n) is 6.32. The van der Waals surface area contributed by atoms with E-state index >= 15 is 0 Å². The Morgan fingerprint density at radius 3 is 2.32 bits per heavy atom. The van der Waals surface area contributed by atoms with E-state index in [2.05, 4.69) is 5.10 Å². The lowest BCUT2D eigenvalue weighted by Gasteiger charge is -2.22. The van der Waals surface area contributed by atoms with Gasteiger partial charge >= 0.3 is 0 Å². The van der Waals surface area contributed by atoms with Gasteiger partial charge < -0.3 is 0 Å². The molecule has 0 fully saturated rings. The fourth-order valence-corrected chi connectivity index (χ4v) is 2.27. The summed E-state index contributed by atoms with van der Waals surface area (Å²) in [7, 11) is 0. The molecule has 1 unspecified atom stereocenters. The van der Waals surface area contributed by atoms with Gasteiger partial charge in [0.15, 0.2) is 0 Å². The Morgan fingerprint density at radius 2 is 1.63 bits per heavy atom. The quantitative estimate of drug-likeness (QED) is 0.805. The van der Waals surface area contributed by atoms with Crippen molar-refractivity contribution in [3.05, 3.63) is 71.8 Å². The molecule has 0 bridgehead atoms. The molecule has 0 aliphatic carbocycles. The highest BCUT2D eigenvalue weighted by Crippen LogP contribution is 2.29. The van der Waals surface area contributed by atoms with E-state index < -0.39 is 0 Å². The second kappa shape index (κ2) is 5.06. The van der Waals surface area contributed by atoms with E-state index in [0.29, 0.717) is 5.56 Å². The molecule has 0 N–H and O–H groups in total. The molecular weight excluding hydrogens is 236 g/mol. The molecule has 1 atom stereocenters. The van der Waals surface area contributed by atoms with Crippen molar-refractivity contribution in [2.45, 2.75) is 12.5 Å². The molecule has 1 amide bonds. The van der Waals surface area contributed by atoms with E-state index in [-0.39, 0.29) is 11.9 Å². The minimum absolute atomic E-state index is 0.00825. The van der Waals surface area contributed by atoms with Gasteiger partial charge in [-0.3, -0.25) is 4.79 Å². The molecule has 19 heavy (non-hydrogen) atoms. The summed E-state index contributed by atoms with van der Waals surface area (Å²) < 4.78 is 0. The number of carbonyl (C=O) groups excluding carboxylic acids is 1. The number of benzene rings is 2. The van der Waals surface area contributed by atoms with Crippen LogP contribution in [0, 0.1) is 0 Å². The maximum absolute atomic E-state index is 12.4. The van der Waals surface area contributed by atoms with Gasteiger partial charge in [0.05, 0.1) is 6.04 Å². The van der Waals surface area contributed by atoms with Crippen LogP contribution in [0.25, 0.3) is 0 Å². The lowest BCUT2D eigenvalue weighted by molar-refractivity contribution is 0.0711.